The van der Waals surface area contributed by atoms with Crippen molar-refractivity contribution in [2.24, 2.45) is 7.05 Å². The van der Waals surface area contributed by atoms with Gasteiger partial charge in [0.25, 0.3) is 5.91 Å². The van der Waals surface area contributed by atoms with Crippen LogP contribution in [0.5, 0.6) is 0 Å². The van der Waals surface area contributed by atoms with E-state index in [4.69, 9.17) is 10.4 Å². The van der Waals surface area contributed by atoms with Gasteiger partial charge in [-0.1, -0.05) is 0 Å². The number of carbonyl (C=O) groups excluding carboxylic acids is 1. The Hall–Kier alpha value is -3.33. The molecule has 1 aromatic heterocycles. The molecule has 2 rings (SSSR count). The predicted molar refractivity (Wildman–Crippen MR) is 81.0 cm³/mol. The van der Waals surface area contributed by atoms with Gasteiger partial charge >= 0.3 is 5.97 Å². The summed E-state index contributed by atoms with van der Waals surface area (Å²) >= 11 is 0. The topological polar surface area (TPSA) is 95.1 Å². The van der Waals surface area contributed by atoms with Crippen LogP contribution in [0, 0.1) is 11.3 Å². The van der Waals surface area contributed by atoms with Crippen LogP contribution < -0.4 is 5.32 Å². The highest BCUT2D eigenvalue weighted by Crippen LogP contribution is 2.13. The van der Waals surface area contributed by atoms with Gasteiger partial charge in [0.1, 0.15) is 11.6 Å². The molecule has 1 heterocycles. The minimum absolute atomic E-state index is 0.0379. The number of benzene rings is 1. The molecule has 0 aliphatic heterocycles. The Kier molecular flexibility index (Phi) is 4.39. The van der Waals surface area contributed by atoms with Crippen LogP contribution in [0.15, 0.2) is 48.2 Å². The van der Waals surface area contributed by atoms with E-state index in [1.165, 1.54) is 30.3 Å². The second-order valence-electron chi connectivity index (χ2n) is 4.55. The first-order valence-electron chi connectivity index (χ1n) is 6.39. The number of amides is 1. The van der Waals surface area contributed by atoms with Crippen LogP contribution in [-0.4, -0.2) is 21.6 Å². The number of hydrogen-bond acceptors (Lipinski definition) is 3. The first kappa shape index (κ1) is 15.1. The van der Waals surface area contributed by atoms with E-state index in [1.807, 2.05) is 25.4 Å². The number of hydrogen-bond donors (Lipinski definition) is 2. The zero-order valence-corrected chi connectivity index (χ0v) is 11.8. The molecule has 6 nitrogen and oxygen atoms in total. The molecule has 0 fully saturated rings. The Morgan fingerprint density at radius 3 is 2.45 bits per heavy atom. The number of nitriles is 1. The van der Waals surface area contributed by atoms with Crippen molar-refractivity contribution in [2.45, 2.75) is 0 Å². The fourth-order valence-corrected chi connectivity index (χ4v) is 1.82. The summed E-state index contributed by atoms with van der Waals surface area (Å²) in [5.41, 5.74) is 1.23. The van der Waals surface area contributed by atoms with Gasteiger partial charge in [0.05, 0.1) is 5.56 Å². The molecule has 0 unspecified atom stereocenters. The number of carbonyl (C=O) groups is 2. The van der Waals surface area contributed by atoms with Crippen LogP contribution in [-0.2, 0) is 11.8 Å². The van der Waals surface area contributed by atoms with Crippen LogP contribution >= 0.6 is 0 Å². The second-order valence-corrected chi connectivity index (χ2v) is 4.55. The van der Waals surface area contributed by atoms with Crippen LogP contribution in [0.3, 0.4) is 0 Å². The molecule has 6 heteroatoms. The van der Waals surface area contributed by atoms with E-state index in [-0.39, 0.29) is 11.1 Å². The maximum atomic E-state index is 12.1. The lowest BCUT2D eigenvalue weighted by Gasteiger charge is -2.05. The molecule has 2 aromatic rings. The zero-order chi connectivity index (χ0) is 16.1. The molecule has 1 aromatic carbocycles. The molecule has 0 aliphatic carbocycles. The molecule has 22 heavy (non-hydrogen) atoms. The number of carboxylic acid groups (broad SMARTS) is 1. The van der Waals surface area contributed by atoms with E-state index in [0.717, 1.165) is 5.69 Å². The van der Waals surface area contributed by atoms with Crippen molar-refractivity contribution < 1.29 is 14.7 Å². The van der Waals surface area contributed by atoms with Crippen LogP contribution in [0.25, 0.3) is 6.08 Å². The van der Waals surface area contributed by atoms with Gasteiger partial charge in [-0.25, -0.2) is 4.79 Å². The molecule has 0 aliphatic rings. The number of aromatic nitrogens is 1. The predicted octanol–water partition coefficient (Wildman–Crippen LogP) is 2.27. The van der Waals surface area contributed by atoms with Crippen molar-refractivity contribution in [3.8, 4) is 6.07 Å². The van der Waals surface area contributed by atoms with E-state index in [1.54, 1.807) is 10.6 Å². The molecule has 2 N–H and O–H groups in total. The molecular formula is C16H13N3O3. The Bertz CT molecular complexity index is 780. The molecule has 0 atom stereocenters. The molecule has 0 saturated carbocycles. The quantitative estimate of drug-likeness (QED) is 0.668. The van der Waals surface area contributed by atoms with Crippen molar-refractivity contribution in [1.82, 2.24) is 4.57 Å². The third-order valence-corrected chi connectivity index (χ3v) is 3.03. The average Bonchev–Trinajstić information content (AvgIpc) is 2.90. The zero-order valence-electron chi connectivity index (χ0n) is 11.8. The number of rotatable bonds is 4. The maximum Gasteiger partial charge on any atom is 0.335 e. The van der Waals surface area contributed by atoms with Crippen LogP contribution in [0.1, 0.15) is 16.1 Å². The van der Waals surface area contributed by atoms with Gasteiger partial charge in [0.15, 0.2) is 0 Å². The average molecular weight is 295 g/mol. The standard InChI is InChI=1S/C16H13N3O3/c1-19-8-2-3-14(19)9-12(10-17)15(20)18-13-6-4-11(5-7-13)16(21)22/h2-9H,1H3,(H,18,20)(H,21,22). The van der Waals surface area contributed by atoms with Gasteiger partial charge in [0.2, 0.25) is 0 Å². The molecule has 110 valence electrons. The highest BCUT2D eigenvalue weighted by atomic mass is 16.4. The smallest absolute Gasteiger partial charge is 0.335 e. The molecule has 1 amide bonds. The lowest BCUT2D eigenvalue weighted by atomic mass is 10.2. The fourth-order valence-electron chi connectivity index (χ4n) is 1.82. The van der Waals surface area contributed by atoms with Gasteiger partial charge in [0, 0.05) is 24.6 Å². The van der Waals surface area contributed by atoms with E-state index >= 15 is 0 Å². The Morgan fingerprint density at radius 1 is 1.27 bits per heavy atom. The fraction of sp³-hybridized carbons (Fsp3) is 0.0625. The van der Waals surface area contributed by atoms with Crippen molar-refractivity contribution in [1.29, 1.82) is 5.26 Å². The van der Waals surface area contributed by atoms with E-state index in [9.17, 15) is 9.59 Å². The summed E-state index contributed by atoms with van der Waals surface area (Å²) in [5, 5.41) is 20.5. The summed E-state index contributed by atoms with van der Waals surface area (Å²) in [7, 11) is 1.81. The Balaban J connectivity index is 2.16. The van der Waals surface area contributed by atoms with Gasteiger partial charge in [-0.3, -0.25) is 4.79 Å². The number of carboxylic acids is 1. The molecule has 0 bridgehead atoms. The monoisotopic (exact) mass is 295 g/mol. The molecule has 0 saturated heterocycles. The number of aromatic carboxylic acids is 1. The largest absolute Gasteiger partial charge is 0.478 e. The van der Waals surface area contributed by atoms with Crippen molar-refractivity contribution >= 4 is 23.6 Å². The Morgan fingerprint density at radius 2 is 1.95 bits per heavy atom. The summed E-state index contributed by atoms with van der Waals surface area (Å²) in [4.78, 5) is 22.8. The summed E-state index contributed by atoms with van der Waals surface area (Å²) < 4.78 is 1.78. The summed E-state index contributed by atoms with van der Waals surface area (Å²) in [5.74, 6) is -1.59. The summed E-state index contributed by atoms with van der Waals surface area (Å²) in [6.07, 6.45) is 3.30. The summed E-state index contributed by atoms with van der Waals surface area (Å²) in [6, 6.07) is 11.2. The van der Waals surface area contributed by atoms with E-state index in [2.05, 4.69) is 5.32 Å². The lowest BCUT2D eigenvalue weighted by Crippen LogP contribution is -2.13. The van der Waals surface area contributed by atoms with E-state index in [0.29, 0.717) is 5.69 Å². The summed E-state index contributed by atoms with van der Waals surface area (Å²) in [6.45, 7) is 0. The minimum Gasteiger partial charge on any atom is -0.478 e. The third kappa shape index (κ3) is 3.41. The molecule has 0 spiro atoms. The van der Waals surface area contributed by atoms with Gasteiger partial charge < -0.3 is 15.0 Å². The van der Waals surface area contributed by atoms with Crippen LogP contribution in [0.2, 0.25) is 0 Å². The number of anilines is 1. The number of nitrogens with one attached hydrogen (secondary N) is 1. The minimum atomic E-state index is -1.04. The first-order valence-corrected chi connectivity index (χ1v) is 6.39. The number of nitrogens with zero attached hydrogens (tertiary/aromatic N) is 2. The maximum absolute atomic E-state index is 12.1. The first-order chi connectivity index (χ1) is 10.5. The van der Waals surface area contributed by atoms with E-state index < -0.39 is 11.9 Å². The van der Waals surface area contributed by atoms with Crippen molar-refractivity contribution in [3.63, 3.8) is 0 Å². The third-order valence-electron chi connectivity index (χ3n) is 3.03. The number of aryl methyl sites for hydroxylation is 1. The van der Waals surface area contributed by atoms with Crippen molar-refractivity contribution in [2.75, 3.05) is 5.32 Å². The SMILES string of the molecule is Cn1cccc1C=C(C#N)C(=O)Nc1ccc(C(=O)O)cc1. The Labute approximate surface area is 126 Å². The van der Waals surface area contributed by atoms with Crippen molar-refractivity contribution in [3.05, 3.63) is 59.4 Å². The van der Waals surface area contributed by atoms with Gasteiger partial charge in [-0.2, -0.15) is 5.26 Å². The normalized spacial score (nSPS) is 10.8. The van der Waals surface area contributed by atoms with Crippen LogP contribution in [0.4, 0.5) is 5.69 Å². The van der Waals surface area contributed by atoms with Gasteiger partial charge in [-0.15, -0.1) is 0 Å². The second kappa shape index (κ2) is 6.41. The lowest BCUT2D eigenvalue weighted by molar-refractivity contribution is -0.112. The highest BCUT2D eigenvalue weighted by Gasteiger charge is 2.11. The molecule has 0 radical (unpaired) electrons. The van der Waals surface area contributed by atoms with Gasteiger partial charge in [-0.05, 0) is 42.5 Å². The molecular weight excluding hydrogens is 282 g/mol. The highest BCUT2D eigenvalue weighted by molar-refractivity contribution is 6.09.